The number of hydrogen-bond acceptors (Lipinski definition) is 3. The van der Waals surface area contributed by atoms with Crippen molar-refractivity contribution in [1.82, 2.24) is 4.90 Å². The monoisotopic (exact) mass is 415 g/mol. The molecule has 3 heteroatoms. The molecule has 0 amide bonds. The SMILES string of the molecule is C[C@@H]1CC[C@H]2[C@H](C)[C@H]3CC[C@@H]4[C@@H](C[C@H]5[C@H]4C[C@H](O)[C@H]4C[C@@H](O)CC[C@]45C)[C@H]3CN2C1. The lowest BCUT2D eigenvalue weighted by Crippen LogP contribution is -2.58. The summed E-state index contributed by atoms with van der Waals surface area (Å²) < 4.78 is 0. The van der Waals surface area contributed by atoms with Gasteiger partial charge in [0.05, 0.1) is 12.2 Å². The second-order valence-electron chi connectivity index (χ2n) is 13.1. The third-order valence-corrected chi connectivity index (χ3v) is 12.0. The minimum atomic E-state index is -0.181. The molecule has 13 atom stereocenters. The smallest absolute Gasteiger partial charge is 0.0577 e. The lowest BCUT2D eigenvalue weighted by Gasteiger charge is -2.56. The molecule has 4 saturated carbocycles. The van der Waals surface area contributed by atoms with E-state index in [0.717, 1.165) is 79.1 Å². The second kappa shape index (κ2) is 7.19. The van der Waals surface area contributed by atoms with Gasteiger partial charge < -0.3 is 10.2 Å². The van der Waals surface area contributed by atoms with Gasteiger partial charge in [-0.25, -0.2) is 0 Å². The summed E-state index contributed by atoms with van der Waals surface area (Å²) in [5.41, 5.74) is 0.261. The third kappa shape index (κ3) is 2.86. The summed E-state index contributed by atoms with van der Waals surface area (Å²) in [6.45, 7) is 10.3. The van der Waals surface area contributed by atoms with Crippen LogP contribution >= 0.6 is 0 Å². The molecule has 2 heterocycles. The molecule has 30 heavy (non-hydrogen) atoms. The van der Waals surface area contributed by atoms with Crippen LogP contribution in [0.1, 0.15) is 78.6 Å². The average Bonchev–Trinajstić information content (AvgIpc) is 3.09. The highest BCUT2D eigenvalue weighted by Gasteiger charge is 2.62. The topological polar surface area (TPSA) is 43.7 Å². The Hall–Kier alpha value is -0.120. The van der Waals surface area contributed by atoms with Crippen molar-refractivity contribution in [1.29, 1.82) is 0 Å². The van der Waals surface area contributed by atoms with Gasteiger partial charge in [0.1, 0.15) is 0 Å². The first-order chi connectivity index (χ1) is 14.4. The number of aliphatic hydroxyl groups excluding tert-OH is 2. The van der Waals surface area contributed by atoms with Crippen LogP contribution < -0.4 is 0 Å². The van der Waals surface area contributed by atoms with Crippen LogP contribution in [0.4, 0.5) is 0 Å². The van der Waals surface area contributed by atoms with Crippen molar-refractivity contribution in [3.8, 4) is 0 Å². The average molecular weight is 416 g/mol. The van der Waals surface area contributed by atoms with Crippen molar-refractivity contribution in [2.45, 2.75) is 96.8 Å². The van der Waals surface area contributed by atoms with Crippen molar-refractivity contribution >= 4 is 0 Å². The normalized spacial score (nSPS) is 60.7. The van der Waals surface area contributed by atoms with Gasteiger partial charge in [-0.05, 0) is 116 Å². The van der Waals surface area contributed by atoms with Crippen molar-refractivity contribution in [2.75, 3.05) is 13.1 Å². The van der Waals surface area contributed by atoms with Crippen LogP contribution in [0.5, 0.6) is 0 Å². The van der Waals surface area contributed by atoms with E-state index >= 15 is 0 Å². The number of fused-ring (bicyclic) bond motifs is 8. The molecule has 0 aromatic carbocycles. The Morgan fingerprint density at radius 2 is 1.53 bits per heavy atom. The van der Waals surface area contributed by atoms with Crippen LogP contribution in [-0.4, -0.2) is 46.5 Å². The highest BCUT2D eigenvalue weighted by Crippen LogP contribution is 2.67. The molecular weight excluding hydrogens is 370 g/mol. The van der Waals surface area contributed by atoms with Gasteiger partial charge in [-0.2, -0.15) is 0 Å². The van der Waals surface area contributed by atoms with Gasteiger partial charge in [-0.1, -0.05) is 20.8 Å². The first kappa shape index (κ1) is 20.5. The van der Waals surface area contributed by atoms with Crippen LogP contribution in [0.3, 0.4) is 0 Å². The van der Waals surface area contributed by atoms with E-state index in [1.54, 1.807) is 0 Å². The Bertz CT molecular complexity index is 665. The van der Waals surface area contributed by atoms with E-state index in [1.165, 1.54) is 45.2 Å². The molecule has 4 aliphatic carbocycles. The summed E-state index contributed by atoms with van der Waals surface area (Å²) in [4.78, 5) is 2.92. The predicted molar refractivity (Wildman–Crippen MR) is 120 cm³/mol. The molecule has 2 aliphatic heterocycles. The molecular formula is C27H45NO2. The number of aliphatic hydroxyl groups is 2. The van der Waals surface area contributed by atoms with Crippen LogP contribution in [-0.2, 0) is 0 Å². The number of hydrogen-bond donors (Lipinski definition) is 2. The van der Waals surface area contributed by atoms with Crippen molar-refractivity contribution in [3.63, 3.8) is 0 Å². The van der Waals surface area contributed by atoms with E-state index in [2.05, 4.69) is 25.7 Å². The Morgan fingerprint density at radius 3 is 2.37 bits per heavy atom. The molecule has 2 saturated heterocycles. The Kier molecular flexibility index (Phi) is 4.91. The molecule has 0 unspecified atom stereocenters. The van der Waals surface area contributed by atoms with Crippen LogP contribution in [0, 0.1) is 58.7 Å². The summed E-state index contributed by atoms with van der Waals surface area (Å²) >= 11 is 0. The molecule has 2 N–H and O–H groups in total. The first-order valence-electron chi connectivity index (χ1n) is 13.5. The van der Waals surface area contributed by atoms with Crippen LogP contribution in [0.2, 0.25) is 0 Å². The predicted octanol–water partition coefficient (Wildman–Crippen LogP) is 4.56. The van der Waals surface area contributed by atoms with Gasteiger partial charge in [0.2, 0.25) is 0 Å². The highest BCUT2D eigenvalue weighted by molar-refractivity contribution is 5.12. The molecule has 0 radical (unpaired) electrons. The fourth-order valence-corrected chi connectivity index (χ4v) is 10.6. The molecule has 6 aliphatic rings. The van der Waals surface area contributed by atoms with Gasteiger partial charge in [0.15, 0.2) is 0 Å². The number of piperidine rings is 2. The standard InChI is InChI=1S/C27H45NO2/c1-15-4-7-25-16(2)18-5-6-19-20(22(18)14-28(25)13-15)11-23-21(19)12-26(30)24-10-17(29)8-9-27(23,24)3/h15-26,29-30H,4-14H2,1-3H3/t15-,16-,17+,18-,19-,20-,21+,22+,23+,24-,25+,26+,27+/m1/s1. The molecule has 0 aromatic rings. The summed E-state index contributed by atoms with van der Waals surface area (Å²) in [6.07, 6.45) is 10.7. The lowest BCUT2D eigenvalue weighted by atomic mass is 9.51. The zero-order valence-corrected chi connectivity index (χ0v) is 19.5. The third-order valence-electron chi connectivity index (χ3n) is 12.0. The van der Waals surface area contributed by atoms with E-state index in [0.29, 0.717) is 5.92 Å². The van der Waals surface area contributed by atoms with Gasteiger partial charge in [0, 0.05) is 19.1 Å². The van der Waals surface area contributed by atoms with Crippen molar-refractivity contribution < 1.29 is 10.2 Å². The van der Waals surface area contributed by atoms with E-state index in [-0.39, 0.29) is 17.6 Å². The zero-order valence-electron chi connectivity index (χ0n) is 19.5. The minimum Gasteiger partial charge on any atom is -0.393 e. The maximum Gasteiger partial charge on any atom is 0.0577 e. The van der Waals surface area contributed by atoms with E-state index < -0.39 is 0 Å². The molecule has 6 rings (SSSR count). The molecule has 0 bridgehead atoms. The van der Waals surface area contributed by atoms with Gasteiger partial charge in [0.25, 0.3) is 0 Å². The number of nitrogens with zero attached hydrogens (tertiary/aromatic N) is 1. The fourth-order valence-electron chi connectivity index (χ4n) is 10.6. The molecule has 170 valence electrons. The van der Waals surface area contributed by atoms with Gasteiger partial charge in [-0.15, -0.1) is 0 Å². The summed E-state index contributed by atoms with van der Waals surface area (Å²) in [7, 11) is 0. The van der Waals surface area contributed by atoms with Gasteiger partial charge in [-0.3, -0.25) is 4.90 Å². The lowest BCUT2D eigenvalue weighted by molar-refractivity contribution is -0.130. The largest absolute Gasteiger partial charge is 0.393 e. The molecule has 3 nitrogen and oxygen atoms in total. The van der Waals surface area contributed by atoms with E-state index in [4.69, 9.17) is 0 Å². The summed E-state index contributed by atoms with van der Waals surface area (Å²) in [5.74, 6) is 7.22. The van der Waals surface area contributed by atoms with Crippen LogP contribution in [0.25, 0.3) is 0 Å². The van der Waals surface area contributed by atoms with Crippen molar-refractivity contribution in [2.24, 2.45) is 58.7 Å². The zero-order chi connectivity index (χ0) is 20.8. The van der Waals surface area contributed by atoms with Gasteiger partial charge >= 0.3 is 0 Å². The summed E-state index contributed by atoms with van der Waals surface area (Å²) in [5, 5.41) is 21.5. The Balaban J connectivity index is 1.28. The number of rotatable bonds is 0. The Labute approximate surface area is 184 Å². The quantitative estimate of drug-likeness (QED) is 0.609. The Morgan fingerprint density at radius 1 is 0.733 bits per heavy atom. The first-order valence-corrected chi connectivity index (χ1v) is 13.5. The maximum absolute atomic E-state index is 11.2. The molecule has 0 aromatic heterocycles. The highest BCUT2D eigenvalue weighted by atomic mass is 16.3. The van der Waals surface area contributed by atoms with E-state index in [9.17, 15) is 10.2 Å². The minimum absolute atomic E-state index is 0.180. The van der Waals surface area contributed by atoms with Crippen molar-refractivity contribution in [3.05, 3.63) is 0 Å². The maximum atomic E-state index is 11.2. The fraction of sp³-hybridized carbons (Fsp3) is 1.00. The second-order valence-corrected chi connectivity index (χ2v) is 13.1. The van der Waals surface area contributed by atoms with Crippen LogP contribution in [0.15, 0.2) is 0 Å². The summed E-state index contributed by atoms with van der Waals surface area (Å²) in [6, 6.07) is 0.853. The van der Waals surface area contributed by atoms with E-state index in [1.807, 2.05) is 0 Å². The molecule has 0 spiro atoms. The molecule has 6 fully saturated rings.